The van der Waals surface area contributed by atoms with Crippen molar-refractivity contribution in [1.82, 2.24) is 4.31 Å². The zero-order valence-electron chi connectivity index (χ0n) is 13.2. The quantitative estimate of drug-likeness (QED) is 0.797. The van der Waals surface area contributed by atoms with Crippen LogP contribution in [0.15, 0.2) is 47.4 Å². The SMILES string of the molecule is CN(CCO)S(=O)(=O)c1cccc(C(=O)Nc2ccc(Cl)c(F)c2)c1. The van der Waals surface area contributed by atoms with E-state index in [4.69, 9.17) is 16.7 Å². The molecule has 0 fully saturated rings. The van der Waals surface area contributed by atoms with Gasteiger partial charge in [0.25, 0.3) is 5.91 Å². The second-order valence-electron chi connectivity index (χ2n) is 5.16. The van der Waals surface area contributed by atoms with Crippen molar-refractivity contribution in [3.8, 4) is 0 Å². The van der Waals surface area contributed by atoms with Crippen LogP contribution in [0.5, 0.6) is 0 Å². The number of likely N-dealkylation sites (N-methyl/N-ethyl adjacent to an activating group) is 1. The van der Waals surface area contributed by atoms with E-state index in [1.54, 1.807) is 0 Å². The molecule has 0 unspecified atom stereocenters. The number of anilines is 1. The maximum atomic E-state index is 13.4. The Hall–Kier alpha value is -2.00. The van der Waals surface area contributed by atoms with Gasteiger partial charge in [-0.1, -0.05) is 17.7 Å². The molecule has 2 rings (SSSR count). The lowest BCUT2D eigenvalue weighted by Crippen LogP contribution is -2.29. The van der Waals surface area contributed by atoms with Crippen LogP contribution in [-0.2, 0) is 10.0 Å². The van der Waals surface area contributed by atoms with Crippen molar-refractivity contribution in [1.29, 1.82) is 0 Å². The molecule has 0 heterocycles. The highest BCUT2D eigenvalue weighted by molar-refractivity contribution is 7.89. The zero-order chi connectivity index (χ0) is 18.6. The molecule has 0 aliphatic rings. The highest BCUT2D eigenvalue weighted by Gasteiger charge is 2.21. The van der Waals surface area contributed by atoms with E-state index in [0.29, 0.717) is 0 Å². The largest absolute Gasteiger partial charge is 0.395 e. The van der Waals surface area contributed by atoms with Gasteiger partial charge in [-0.25, -0.2) is 12.8 Å². The fraction of sp³-hybridized carbons (Fsp3) is 0.188. The number of hydrogen-bond donors (Lipinski definition) is 2. The van der Waals surface area contributed by atoms with Gasteiger partial charge >= 0.3 is 0 Å². The van der Waals surface area contributed by atoms with Crippen LogP contribution < -0.4 is 5.32 Å². The fourth-order valence-corrected chi connectivity index (χ4v) is 3.34. The Morgan fingerprint density at radius 2 is 2.00 bits per heavy atom. The summed E-state index contributed by atoms with van der Waals surface area (Å²) in [5, 5.41) is 11.3. The van der Waals surface area contributed by atoms with E-state index < -0.39 is 21.7 Å². The molecule has 0 aromatic heterocycles. The van der Waals surface area contributed by atoms with Crippen molar-refractivity contribution < 1.29 is 22.7 Å². The lowest BCUT2D eigenvalue weighted by Gasteiger charge is -2.16. The highest BCUT2D eigenvalue weighted by Crippen LogP contribution is 2.20. The third-order valence-corrected chi connectivity index (χ3v) is 5.56. The smallest absolute Gasteiger partial charge is 0.255 e. The second kappa shape index (κ2) is 7.92. The summed E-state index contributed by atoms with van der Waals surface area (Å²) in [7, 11) is -2.50. The highest BCUT2D eigenvalue weighted by atomic mass is 35.5. The number of carbonyl (C=O) groups is 1. The predicted octanol–water partition coefficient (Wildman–Crippen LogP) is 2.34. The second-order valence-corrected chi connectivity index (χ2v) is 7.61. The number of halogens is 2. The monoisotopic (exact) mass is 386 g/mol. The number of sulfonamides is 1. The van der Waals surface area contributed by atoms with Crippen molar-refractivity contribution in [2.75, 3.05) is 25.5 Å². The first-order valence-electron chi connectivity index (χ1n) is 7.19. The van der Waals surface area contributed by atoms with Gasteiger partial charge in [-0.3, -0.25) is 4.79 Å². The number of benzene rings is 2. The Balaban J connectivity index is 2.25. The first kappa shape index (κ1) is 19.3. The average Bonchev–Trinajstić information content (AvgIpc) is 2.58. The summed E-state index contributed by atoms with van der Waals surface area (Å²) in [6.07, 6.45) is 0. The molecule has 0 saturated heterocycles. The molecule has 25 heavy (non-hydrogen) atoms. The standard InChI is InChI=1S/C16H16ClFN2O4S/c1-20(7-8-21)25(23,24)13-4-2-3-11(9-13)16(22)19-12-5-6-14(17)15(18)10-12/h2-6,9-10,21H,7-8H2,1H3,(H,19,22). The number of rotatable bonds is 6. The molecule has 2 aromatic rings. The molecule has 6 nitrogen and oxygen atoms in total. The number of nitrogens with zero attached hydrogens (tertiary/aromatic N) is 1. The predicted molar refractivity (Wildman–Crippen MR) is 92.7 cm³/mol. The Kier molecular flexibility index (Phi) is 6.12. The molecule has 0 atom stereocenters. The van der Waals surface area contributed by atoms with Gasteiger partial charge < -0.3 is 10.4 Å². The summed E-state index contributed by atoms with van der Waals surface area (Å²) in [5.41, 5.74) is 0.284. The number of nitrogens with one attached hydrogen (secondary N) is 1. The van der Waals surface area contributed by atoms with Gasteiger partial charge in [0.15, 0.2) is 0 Å². The zero-order valence-corrected chi connectivity index (χ0v) is 14.8. The summed E-state index contributed by atoms with van der Waals surface area (Å²) in [4.78, 5) is 12.2. The summed E-state index contributed by atoms with van der Waals surface area (Å²) in [5.74, 6) is -1.27. The number of amides is 1. The molecule has 0 bridgehead atoms. The lowest BCUT2D eigenvalue weighted by molar-refractivity contribution is 0.102. The van der Waals surface area contributed by atoms with E-state index in [1.165, 1.54) is 43.4 Å². The lowest BCUT2D eigenvalue weighted by atomic mass is 10.2. The number of carbonyl (C=O) groups excluding carboxylic acids is 1. The van der Waals surface area contributed by atoms with Crippen molar-refractivity contribution in [2.24, 2.45) is 0 Å². The molecule has 0 aliphatic carbocycles. The van der Waals surface area contributed by atoms with Gasteiger partial charge in [-0.05, 0) is 36.4 Å². The van der Waals surface area contributed by atoms with E-state index in [9.17, 15) is 17.6 Å². The third-order valence-electron chi connectivity index (χ3n) is 3.40. The molecule has 134 valence electrons. The summed E-state index contributed by atoms with van der Waals surface area (Å²) >= 11 is 5.58. The van der Waals surface area contributed by atoms with Gasteiger partial charge in [-0.15, -0.1) is 0 Å². The Morgan fingerprint density at radius 1 is 1.28 bits per heavy atom. The Bertz CT molecular complexity index is 889. The molecular formula is C16H16ClFN2O4S. The minimum atomic E-state index is -3.83. The maximum absolute atomic E-state index is 13.4. The van der Waals surface area contributed by atoms with Crippen LogP contribution in [0.25, 0.3) is 0 Å². The third kappa shape index (κ3) is 4.55. The van der Waals surface area contributed by atoms with Gasteiger partial charge in [0.2, 0.25) is 10.0 Å². The van der Waals surface area contributed by atoms with Gasteiger partial charge in [0, 0.05) is 24.8 Å². The van der Waals surface area contributed by atoms with Crippen LogP contribution >= 0.6 is 11.6 Å². The maximum Gasteiger partial charge on any atom is 0.255 e. The minimum absolute atomic E-state index is 0.0667. The number of hydrogen-bond acceptors (Lipinski definition) is 4. The van der Waals surface area contributed by atoms with Gasteiger partial charge in [0.1, 0.15) is 5.82 Å². The molecular weight excluding hydrogens is 371 g/mol. The van der Waals surface area contributed by atoms with Crippen molar-refractivity contribution >= 4 is 33.2 Å². The van der Waals surface area contributed by atoms with Crippen molar-refractivity contribution in [3.63, 3.8) is 0 Å². The van der Waals surface area contributed by atoms with Crippen LogP contribution in [0.4, 0.5) is 10.1 Å². The van der Waals surface area contributed by atoms with Gasteiger partial charge in [0.05, 0.1) is 16.5 Å². The van der Waals surface area contributed by atoms with Gasteiger partial charge in [-0.2, -0.15) is 4.31 Å². The molecule has 0 saturated carbocycles. The molecule has 2 aromatic carbocycles. The summed E-state index contributed by atoms with van der Waals surface area (Å²) in [6.45, 7) is -0.388. The van der Waals surface area contributed by atoms with E-state index in [1.807, 2.05) is 0 Å². The molecule has 1 amide bonds. The molecule has 0 radical (unpaired) electrons. The summed E-state index contributed by atoms with van der Waals surface area (Å²) in [6, 6.07) is 9.22. The fourth-order valence-electron chi connectivity index (χ4n) is 2.02. The first-order chi connectivity index (χ1) is 11.8. The molecule has 2 N–H and O–H groups in total. The molecule has 0 aliphatic heterocycles. The van der Waals surface area contributed by atoms with Crippen LogP contribution in [0, 0.1) is 5.82 Å². The normalized spacial score (nSPS) is 11.6. The van der Waals surface area contributed by atoms with E-state index in [2.05, 4.69) is 5.32 Å². The topological polar surface area (TPSA) is 86.7 Å². The van der Waals surface area contributed by atoms with Crippen LogP contribution in [0.3, 0.4) is 0 Å². The van der Waals surface area contributed by atoms with Crippen LogP contribution in [-0.4, -0.2) is 43.9 Å². The van der Waals surface area contributed by atoms with Crippen LogP contribution in [0.1, 0.15) is 10.4 Å². The number of aliphatic hydroxyl groups is 1. The minimum Gasteiger partial charge on any atom is -0.395 e. The van der Waals surface area contributed by atoms with E-state index in [0.717, 1.165) is 10.4 Å². The Labute approximate surface area is 149 Å². The number of aliphatic hydroxyl groups excluding tert-OH is 1. The average molecular weight is 387 g/mol. The van der Waals surface area contributed by atoms with E-state index in [-0.39, 0.29) is 34.3 Å². The van der Waals surface area contributed by atoms with Crippen molar-refractivity contribution in [3.05, 3.63) is 58.9 Å². The van der Waals surface area contributed by atoms with Crippen molar-refractivity contribution in [2.45, 2.75) is 4.90 Å². The Morgan fingerprint density at radius 3 is 2.64 bits per heavy atom. The van der Waals surface area contributed by atoms with E-state index >= 15 is 0 Å². The van der Waals surface area contributed by atoms with Crippen LogP contribution in [0.2, 0.25) is 5.02 Å². The summed E-state index contributed by atoms with van der Waals surface area (Å²) < 4.78 is 39.1. The molecule has 9 heteroatoms. The molecule has 0 spiro atoms. The first-order valence-corrected chi connectivity index (χ1v) is 9.01.